The highest BCUT2D eigenvalue weighted by atomic mass is 79.9. The number of hydrogen-bond acceptors (Lipinski definition) is 2. The summed E-state index contributed by atoms with van der Waals surface area (Å²) in [6.45, 7) is 3.22. The van der Waals surface area contributed by atoms with Crippen LogP contribution in [0.2, 0.25) is 0 Å². The van der Waals surface area contributed by atoms with E-state index in [-0.39, 0.29) is 11.9 Å². The summed E-state index contributed by atoms with van der Waals surface area (Å²) in [5.74, 6) is -0.222. The van der Waals surface area contributed by atoms with Gasteiger partial charge in [-0.3, -0.25) is 0 Å². The maximum absolute atomic E-state index is 13.8. The van der Waals surface area contributed by atoms with Crippen LogP contribution in [0, 0.1) is 5.82 Å². The van der Waals surface area contributed by atoms with Crippen molar-refractivity contribution in [2.24, 2.45) is 0 Å². The van der Waals surface area contributed by atoms with Crippen molar-refractivity contribution in [2.75, 3.05) is 20.3 Å². The van der Waals surface area contributed by atoms with Gasteiger partial charge < -0.3 is 10.1 Å². The molecule has 0 heterocycles. The molecule has 0 aliphatic carbocycles. The van der Waals surface area contributed by atoms with Gasteiger partial charge in [0.05, 0.1) is 17.1 Å². The summed E-state index contributed by atoms with van der Waals surface area (Å²) < 4.78 is 19.3. The monoisotopic (exact) mass is 275 g/mol. The quantitative estimate of drug-likeness (QED) is 0.892. The summed E-state index contributed by atoms with van der Waals surface area (Å²) in [6.07, 6.45) is 0. The van der Waals surface area contributed by atoms with Crippen LogP contribution < -0.4 is 5.32 Å². The van der Waals surface area contributed by atoms with Crippen molar-refractivity contribution < 1.29 is 9.13 Å². The summed E-state index contributed by atoms with van der Waals surface area (Å²) in [6, 6.07) is 5.18. The molecule has 0 saturated heterocycles. The second-order valence-corrected chi connectivity index (χ2v) is 4.06. The summed E-state index contributed by atoms with van der Waals surface area (Å²) >= 11 is 3.17. The predicted molar refractivity (Wildman–Crippen MR) is 62.4 cm³/mol. The first kappa shape index (κ1) is 12.6. The van der Waals surface area contributed by atoms with Crippen LogP contribution in [0.5, 0.6) is 0 Å². The summed E-state index contributed by atoms with van der Waals surface area (Å²) in [5.41, 5.74) is 0.632. The Kier molecular flexibility index (Phi) is 5.22. The van der Waals surface area contributed by atoms with Crippen LogP contribution in [0.15, 0.2) is 22.7 Å². The van der Waals surface area contributed by atoms with Crippen molar-refractivity contribution in [1.29, 1.82) is 0 Å². The average Bonchev–Trinajstić information content (AvgIpc) is 2.22. The van der Waals surface area contributed by atoms with E-state index < -0.39 is 0 Å². The van der Waals surface area contributed by atoms with E-state index in [2.05, 4.69) is 21.2 Å². The molecular weight excluding hydrogens is 261 g/mol. The molecule has 2 nitrogen and oxygen atoms in total. The third-order valence-corrected chi connectivity index (χ3v) is 2.75. The van der Waals surface area contributed by atoms with E-state index in [0.717, 1.165) is 6.54 Å². The maximum atomic E-state index is 13.8. The molecule has 0 saturated carbocycles. The molecule has 1 N–H and O–H groups in total. The Morgan fingerprint density at radius 2 is 2.27 bits per heavy atom. The molecule has 0 aliphatic heterocycles. The van der Waals surface area contributed by atoms with Crippen LogP contribution in [0.3, 0.4) is 0 Å². The minimum absolute atomic E-state index is 0.0995. The molecule has 1 aromatic rings. The van der Waals surface area contributed by atoms with E-state index in [1.165, 1.54) is 0 Å². The van der Waals surface area contributed by atoms with E-state index in [1.807, 2.05) is 13.0 Å². The van der Waals surface area contributed by atoms with Crippen LogP contribution in [0.25, 0.3) is 0 Å². The highest BCUT2D eigenvalue weighted by molar-refractivity contribution is 9.10. The number of nitrogens with one attached hydrogen (secondary N) is 1. The molecule has 1 rings (SSSR count). The zero-order valence-corrected chi connectivity index (χ0v) is 10.5. The SMILES string of the molecule is CCNC(COC)c1cccc(Br)c1F. The fourth-order valence-corrected chi connectivity index (χ4v) is 1.84. The number of benzene rings is 1. The van der Waals surface area contributed by atoms with Crippen LogP contribution >= 0.6 is 15.9 Å². The standard InChI is InChI=1S/C11H15BrFNO/c1-3-14-10(7-15-2)8-5-4-6-9(12)11(8)13/h4-6,10,14H,3,7H2,1-2H3. The fourth-order valence-electron chi connectivity index (χ4n) is 1.46. The van der Waals surface area contributed by atoms with Gasteiger partial charge in [0.25, 0.3) is 0 Å². The molecule has 0 aliphatic rings. The van der Waals surface area contributed by atoms with Crippen LogP contribution in [-0.2, 0) is 4.74 Å². The van der Waals surface area contributed by atoms with Gasteiger partial charge in [0, 0.05) is 12.7 Å². The van der Waals surface area contributed by atoms with Gasteiger partial charge in [-0.2, -0.15) is 0 Å². The zero-order valence-electron chi connectivity index (χ0n) is 8.89. The van der Waals surface area contributed by atoms with E-state index in [0.29, 0.717) is 16.6 Å². The molecule has 0 fully saturated rings. The minimum atomic E-state index is -0.222. The van der Waals surface area contributed by atoms with Crippen LogP contribution in [0.1, 0.15) is 18.5 Å². The van der Waals surface area contributed by atoms with Gasteiger partial charge in [-0.15, -0.1) is 0 Å². The van der Waals surface area contributed by atoms with Crippen molar-refractivity contribution in [2.45, 2.75) is 13.0 Å². The number of halogens is 2. The first-order chi connectivity index (χ1) is 7.20. The van der Waals surface area contributed by atoms with Crippen molar-refractivity contribution in [3.05, 3.63) is 34.1 Å². The normalized spacial score (nSPS) is 12.8. The molecule has 0 bridgehead atoms. The smallest absolute Gasteiger partial charge is 0.142 e. The Labute approximate surface area is 98.0 Å². The van der Waals surface area contributed by atoms with Crippen LogP contribution in [0.4, 0.5) is 4.39 Å². The van der Waals surface area contributed by atoms with Gasteiger partial charge in [-0.1, -0.05) is 19.1 Å². The molecule has 0 radical (unpaired) electrons. The Bertz CT molecular complexity index is 313. The second kappa shape index (κ2) is 6.20. The molecule has 1 aromatic carbocycles. The van der Waals surface area contributed by atoms with Gasteiger partial charge in [-0.25, -0.2) is 4.39 Å². The predicted octanol–water partition coefficient (Wildman–Crippen LogP) is 2.89. The van der Waals surface area contributed by atoms with E-state index in [4.69, 9.17) is 4.74 Å². The van der Waals surface area contributed by atoms with Gasteiger partial charge in [0.15, 0.2) is 0 Å². The van der Waals surface area contributed by atoms with Gasteiger partial charge in [-0.05, 0) is 28.5 Å². The Morgan fingerprint density at radius 1 is 1.53 bits per heavy atom. The molecule has 0 aromatic heterocycles. The fraction of sp³-hybridized carbons (Fsp3) is 0.455. The largest absolute Gasteiger partial charge is 0.383 e. The highest BCUT2D eigenvalue weighted by Gasteiger charge is 2.15. The molecule has 0 amide bonds. The molecule has 84 valence electrons. The third kappa shape index (κ3) is 3.26. The van der Waals surface area contributed by atoms with Gasteiger partial charge in [0.2, 0.25) is 0 Å². The zero-order chi connectivity index (χ0) is 11.3. The molecule has 15 heavy (non-hydrogen) atoms. The molecule has 1 unspecified atom stereocenters. The number of ether oxygens (including phenoxy) is 1. The summed E-state index contributed by atoms with van der Waals surface area (Å²) in [7, 11) is 1.61. The van der Waals surface area contributed by atoms with Gasteiger partial charge in [0.1, 0.15) is 5.82 Å². The topological polar surface area (TPSA) is 21.3 Å². The Hall–Kier alpha value is -0.450. The van der Waals surface area contributed by atoms with E-state index in [9.17, 15) is 4.39 Å². The van der Waals surface area contributed by atoms with E-state index in [1.54, 1.807) is 19.2 Å². The molecule has 4 heteroatoms. The second-order valence-electron chi connectivity index (χ2n) is 3.21. The molecule has 0 spiro atoms. The Morgan fingerprint density at radius 3 is 2.87 bits per heavy atom. The lowest BCUT2D eigenvalue weighted by molar-refractivity contribution is 0.166. The summed E-state index contributed by atoms with van der Waals surface area (Å²) in [5, 5.41) is 3.18. The lowest BCUT2D eigenvalue weighted by Crippen LogP contribution is -2.25. The first-order valence-corrected chi connectivity index (χ1v) is 5.66. The third-order valence-electron chi connectivity index (χ3n) is 2.14. The first-order valence-electron chi connectivity index (χ1n) is 4.87. The maximum Gasteiger partial charge on any atom is 0.142 e. The number of rotatable bonds is 5. The van der Waals surface area contributed by atoms with Crippen molar-refractivity contribution in [1.82, 2.24) is 5.32 Å². The molecule has 1 atom stereocenters. The summed E-state index contributed by atoms with van der Waals surface area (Å²) in [4.78, 5) is 0. The van der Waals surface area contributed by atoms with Crippen molar-refractivity contribution in [3.63, 3.8) is 0 Å². The lowest BCUT2D eigenvalue weighted by atomic mass is 10.1. The number of hydrogen-bond donors (Lipinski definition) is 1. The Balaban J connectivity index is 2.94. The highest BCUT2D eigenvalue weighted by Crippen LogP contribution is 2.23. The molecular formula is C11H15BrFNO. The van der Waals surface area contributed by atoms with Gasteiger partial charge >= 0.3 is 0 Å². The van der Waals surface area contributed by atoms with Crippen molar-refractivity contribution in [3.8, 4) is 0 Å². The van der Waals surface area contributed by atoms with E-state index >= 15 is 0 Å². The van der Waals surface area contributed by atoms with Crippen LogP contribution in [-0.4, -0.2) is 20.3 Å². The minimum Gasteiger partial charge on any atom is -0.383 e. The lowest BCUT2D eigenvalue weighted by Gasteiger charge is -2.18. The average molecular weight is 276 g/mol. The number of methoxy groups -OCH3 is 1. The number of likely N-dealkylation sites (N-methyl/N-ethyl adjacent to an activating group) is 1. The van der Waals surface area contributed by atoms with Crippen molar-refractivity contribution >= 4 is 15.9 Å².